The lowest BCUT2D eigenvalue weighted by Gasteiger charge is -2.08. The Bertz CT molecular complexity index is 420. The number of hydrogen-bond donors (Lipinski definition) is 2. The summed E-state index contributed by atoms with van der Waals surface area (Å²) in [5, 5.41) is 8.69. The van der Waals surface area contributed by atoms with Crippen molar-refractivity contribution in [3.8, 4) is 0 Å². The number of hydroxylamine groups is 1. The van der Waals surface area contributed by atoms with E-state index in [0.29, 0.717) is 9.65 Å². The van der Waals surface area contributed by atoms with Crippen molar-refractivity contribution in [3.63, 3.8) is 0 Å². The molecule has 0 aromatic carbocycles. The van der Waals surface area contributed by atoms with Crippen LogP contribution >= 0.6 is 11.3 Å². The van der Waals surface area contributed by atoms with Crippen LogP contribution in [0, 0.1) is 0 Å². The van der Waals surface area contributed by atoms with Crippen LogP contribution in [0.25, 0.3) is 0 Å². The molecule has 2 N–H and O–H groups in total. The topological polar surface area (TPSA) is 53.9 Å². The number of amidine groups is 1. The van der Waals surface area contributed by atoms with Crippen LogP contribution in [0.3, 0.4) is 0 Å². The molecule has 1 aromatic heterocycles. The van der Waals surface area contributed by atoms with Gasteiger partial charge in [0.2, 0.25) is 0 Å². The van der Waals surface area contributed by atoms with Gasteiger partial charge in [-0.25, -0.2) is 15.3 Å². The molecule has 2 rings (SSSR count). The van der Waals surface area contributed by atoms with Crippen molar-refractivity contribution in [2.24, 2.45) is 4.99 Å². The zero-order valence-corrected chi connectivity index (χ0v) is 8.47. The maximum Gasteiger partial charge on any atom is 0.437 e. The SMILES string of the molecule is O[B]c1ccc(C2=NC(C(F)(F)F)ON2)s1. The van der Waals surface area contributed by atoms with Crippen LogP contribution < -0.4 is 10.3 Å². The quantitative estimate of drug-likeness (QED) is 0.734. The van der Waals surface area contributed by atoms with Gasteiger partial charge in [0, 0.05) is 4.78 Å². The predicted molar refractivity (Wildman–Crippen MR) is 52.5 cm³/mol. The van der Waals surface area contributed by atoms with Gasteiger partial charge >= 0.3 is 13.7 Å². The molecule has 1 aromatic rings. The van der Waals surface area contributed by atoms with Crippen molar-refractivity contribution >= 4 is 29.4 Å². The second-order valence-electron chi connectivity index (χ2n) is 2.92. The van der Waals surface area contributed by atoms with Crippen molar-refractivity contribution in [2.45, 2.75) is 12.4 Å². The Morgan fingerprint density at radius 2 is 2.25 bits per heavy atom. The highest BCUT2D eigenvalue weighted by molar-refractivity contribution is 7.22. The molecule has 0 saturated heterocycles. The van der Waals surface area contributed by atoms with Crippen molar-refractivity contribution in [2.75, 3.05) is 0 Å². The fourth-order valence-corrected chi connectivity index (χ4v) is 1.85. The molecule has 0 saturated carbocycles. The van der Waals surface area contributed by atoms with Crippen molar-refractivity contribution < 1.29 is 23.0 Å². The number of nitrogens with zero attached hydrogens (tertiary/aromatic N) is 1. The maximum atomic E-state index is 12.2. The van der Waals surface area contributed by atoms with Crippen LogP contribution in [-0.2, 0) is 4.84 Å². The summed E-state index contributed by atoms with van der Waals surface area (Å²) < 4.78 is 37.1. The molecule has 1 aliphatic rings. The fraction of sp³-hybridized carbons (Fsp3) is 0.286. The number of rotatable bonds is 2. The van der Waals surface area contributed by atoms with E-state index in [4.69, 9.17) is 5.02 Å². The summed E-state index contributed by atoms with van der Waals surface area (Å²) in [6.07, 6.45) is -6.70. The first kappa shape index (κ1) is 11.4. The third kappa shape index (κ3) is 2.20. The average Bonchev–Trinajstić information content (AvgIpc) is 2.85. The van der Waals surface area contributed by atoms with Gasteiger partial charge in [0.25, 0.3) is 6.23 Å². The molecular weight excluding hydrogens is 244 g/mol. The van der Waals surface area contributed by atoms with Crippen LogP contribution in [0.1, 0.15) is 4.88 Å². The Labute approximate surface area is 93.0 Å². The van der Waals surface area contributed by atoms with E-state index in [9.17, 15) is 13.2 Å². The Kier molecular flexibility index (Phi) is 2.91. The third-order valence-electron chi connectivity index (χ3n) is 1.78. The van der Waals surface area contributed by atoms with E-state index >= 15 is 0 Å². The molecule has 0 bridgehead atoms. The largest absolute Gasteiger partial charge is 0.449 e. The molecule has 9 heteroatoms. The number of alkyl halides is 3. The molecule has 1 unspecified atom stereocenters. The number of hydrogen-bond acceptors (Lipinski definition) is 5. The molecule has 1 radical (unpaired) electrons. The molecule has 0 aliphatic carbocycles. The summed E-state index contributed by atoms with van der Waals surface area (Å²) >= 11 is 1.10. The highest BCUT2D eigenvalue weighted by Crippen LogP contribution is 2.26. The lowest BCUT2D eigenvalue weighted by atomic mass is 10.0. The average molecular weight is 249 g/mol. The van der Waals surface area contributed by atoms with Crippen LogP contribution in [0.5, 0.6) is 0 Å². The molecular formula is C7H5BF3N2O2S. The molecule has 16 heavy (non-hydrogen) atoms. The van der Waals surface area contributed by atoms with E-state index in [1.165, 1.54) is 0 Å². The second-order valence-corrected chi connectivity index (χ2v) is 4.04. The highest BCUT2D eigenvalue weighted by Gasteiger charge is 2.44. The van der Waals surface area contributed by atoms with E-state index in [1.54, 1.807) is 12.1 Å². The molecule has 0 fully saturated rings. The molecule has 1 aliphatic heterocycles. The molecule has 0 amide bonds. The Hall–Kier alpha value is -1.06. The van der Waals surface area contributed by atoms with Gasteiger partial charge in [-0.2, -0.15) is 13.2 Å². The van der Waals surface area contributed by atoms with Gasteiger partial charge in [0.1, 0.15) is 0 Å². The van der Waals surface area contributed by atoms with E-state index in [0.717, 1.165) is 18.8 Å². The summed E-state index contributed by atoms with van der Waals surface area (Å²) in [6, 6.07) is 3.10. The van der Waals surface area contributed by atoms with Crippen molar-refractivity contribution in [3.05, 3.63) is 17.0 Å². The molecule has 4 nitrogen and oxygen atoms in total. The number of aliphatic imine (C=N–C) groups is 1. The number of nitrogens with one attached hydrogen (secondary N) is 1. The lowest BCUT2D eigenvalue weighted by molar-refractivity contribution is -0.220. The number of halogens is 3. The smallest absolute Gasteiger partial charge is 0.437 e. The zero-order chi connectivity index (χ0) is 11.8. The van der Waals surface area contributed by atoms with Gasteiger partial charge in [-0.1, -0.05) is 6.07 Å². The molecule has 2 heterocycles. The maximum absolute atomic E-state index is 12.2. The minimum atomic E-state index is -4.53. The van der Waals surface area contributed by atoms with E-state index < -0.39 is 12.4 Å². The van der Waals surface area contributed by atoms with Crippen molar-refractivity contribution in [1.82, 2.24) is 5.48 Å². The molecule has 85 valence electrons. The summed E-state index contributed by atoms with van der Waals surface area (Å²) in [5.41, 5.74) is 2.11. The standard InChI is InChI=1S/C7H5BF3N2O2S/c9-7(10,11)6-12-5(13-15-6)3-1-2-4(8-14)16-3/h1-2,6,14H,(H,12,13). The summed E-state index contributed by atoms with van der Waals surface area (Å²) in [4.78, 5) is 8.10. The van der Waals surface area contributed by atoms with Gasteiger partial charge in [0.15, 0.2) is 5.84 Å². The van der Waals surface area contributed by atoms with Crippen LogP contribution in [0.2, 0.25) is 0 Å². The van der Waals surface area contributed by atoms with Gasteiger partial charge in [0.05, 0.1) is 4.88 Å². The molecule has 1 atom stereocenters. The summed E-state index contributed by atoms with van der Waals surface area (Å²) in [6.45, 7) is 0. The van der Waals surface area contributed by atoms with Crippen LogP contribution in [0.15, 0.2) is 17.1 Å². The second kappa shape index (κ2) is 4.08. The van der Waals surface area contributed by atoms with E-state index in [-0.39, 0.29) is 5.84 Å². The third-order valence-corrected chi connectivity index (χ3v) is 2.81. The number of thiophene rings is 1. The van der Waals surface area contributed by atoms with Gasteiger partial charge in [-0.15, -0.1) is 11.3 Å². The zero-order valence-electron chi connectivity index (χ0n) is 7.65. The fourth-order valence-electron chi connectivity index (χ4n) is 1.08. The molecule has 0 spiro atoms. The Morgan fingerprint density at radius 3 is 2.75 bits per heavy atom. The minimum absolute atomic E-state index is 0.0143. The van der Waals surface area contributed by atoms with Gasteiger partial charge in [-0.3, -0.25) is 0 Å². The van der Waals surface area contributed by atoms with Crippen LogP contribution in [0.4, 0.5) is 13.2 Å². The predicted octanol–water partition coefficient (Wildman–Crippen LogP) is 0.155. The normalized spacial score (nSPS) is 20.5. The lowest BCUT2D eigenvalue weighted by Crippen LogP contribution is -2.29. The first-order valence-corrected chi connectivity index (χ1v) is 4.96. The van der Waals surface area contributed by atoms with E-state index in [1.807, 2.05) is 0 Å². The Balaban J connectivity index is 2.17. The summed E-state index contributed by atoms with van der Waals surface area (Å²) in [7, 11) is 0.867. The minimum Gasteiger partial charge on any atom is -0.449 e. The van der Waals surface area contributed by atoms with Crippen molar-refractivity contribution in [1.29, 1.82) is 0 Å². The monoisotopic (exact) mass is 249 g/mol. The van der Waals surface area contributed by atoms with Gasteiger partial charge < -0.3 is 5.02 Å². The van der Waals surface area contributed by atoms with Crippen LogP contribution in [-0.4, -0.2) is 30.7 Å². The highest BCUT2D eigenvalue weighted by atomic mass is 32.1. The first-order chi connectivity index (χ1) is 7.50. The first-order valence-electron chi connectivity index (χ1n) is 4.14. The van der Waals surface area contributed by atoms with E-state index in [2.05, 4.69) is 15.3 Å². The van der Waals surface area contributed by atoms with Gasteiger partial charge in [-0.05, 0) is 6.07 Å². The Morgan fingerprint density at radius 1 is 1.50 bits per heavy atom. The summed E-state index contributed by atoms with van der Waals surface area (Å²) in [5.74, 6) is 0.0143.